The fourth-order valence-electron chi connectivity index (χ4n) is 5.13. The Morgan fingerprint density at radius 2 is 1.87 bits per heavy atom. The predicted molar refractivity (Wildman–Crippen MR) is 145 cm³/mol. The molecule has 0 unspecified atom stereocenters. The van der Waals surface area contributed by atoms with Crippen molar-refractivity contribution in [1.29, 1.82) is 0 Å². The Morgan fingerprint density at radius 3 is 2.49 bits per heavy atom. The number of methoxy groups -OCH3 is 1. The van der Waals surface area contributed by atoms with Crippen molar-refractivity contribution in [3.05, 3.63) is 65.0 Å². The molecule has 0 spiro atoms. The van der Waals surface area contributed by atoms with Gasteiger partial charge in [0.2, 0.25) is 10.0 Å². The van der Waals surface area contributed by atoms with E-state index in [4.69, 9.17) is 14.9 Å². The molecule has 1 saturated carbocycles. The lowest BCUT2D eigenvalue weighted by Crippen LogP contribution is -2.48. The number of carbonyl (C=O) groups excluding carboxylic acids is 1. The van der Waals surface area contributed by atoms with Crippen LogP contribution in [0, 0.1) is 13.8 Å². The minimum absolute atomic E-state index is 0.194. The number of nitrogens with one attached hydrogen (secondary N) is 1. The molecule has 1 saturated heterocycles. The lowest BCUT2D eigenvalue weighted by Gasteiger charge is -2.34. The van der Waals surface area contributed by atoms with E-state index in [0.717, 1.165) is 5.56 Å². The minimum atomic E-state index is -3.79. The van der Waals surface area contributed by atoms with Gasteiger partial charge in [0.1, 0.15) is 17.8 Å². The first-order valence-electron chi connectivity index (χ1n) is 12.9. The van der Waals surface area contributed by atoms with Crippen molar-refractivity contribution in [1.82, 2.24) is 24.5 Å². The fraction of sp³-hybridized carbons (Fsp3) is 0.444. The smallest absolute Gasteiger partial charge is 0.275 e. The van der Waals surface area contributed by atoms with E-state index in [1.807, 2.05) is 12.1 Å². The molecule has 0 bridgehead atoms. The highest BCUT2D eigenvalue weighted by molar-refractivity contribution is 7.89. The molecule has 0 radical (unpaired) electrons. The monoisotopic (exact) mass is 554 g/mol. The fourth-order valence-corrected chi connectivity index (χ4v) is 7.04. The van der Waals surface area contributed by atoms with E-state index in [9.17, 15) is 13.2 Å². The van der Waals surface area contributed by atoms with E-state index < -0.39 is 15.6 Å². The average molecular weight is 555 g/mol. The van der Waals surface area contributed by atoms with Crippen molar-refractivity contribution in [2.24, 2.45) is 0 Å². The number of hydrogen-bond acceptors (Lipinski definition) is 9. The second kappa shape index (κ2) is 10.6. The lowest BCUT2D eigenvalue weighted by atomic mass is 10.1. The first-order chi connectivity index (χ1) is 18.6. The van der Waals surface area contributed by atoms with Crippen LogP contribution in [0.2, 0.25) is 0 Å². The van der Waals surface area contributed by atoms with E-state index >= 15 is 0 Å². The number of amides is 1. The maximum Gasteiger partial charge on any atom is 0.275 e. The number of carbonyl (C=O) groups is 1. The van der Waals surface area contributed by atoms with Gasteiger partial charge in [-0.1, -0.05) is 6.07 Å². The van der Waals surface area contributed by atoms with Gasteiger partial charge in [0.25, 0.3) is 5.91 Å². The number of nitrogens with two attached hydrogens (primary N) is 1. The zero-order chi connectivity index (χ0) is 27.8. The second-order valence-corrected chi connectivity index (χ2v) is 12.0. The Hall–Kier alpha value is -3.48. The maximum absolute atomic E-state index is 13.3. The molecule has 3 N–H and O–H groups in total. The molecule has 12 heteroatoms. The summed E-state index contributed by atoms with van der Waals surface area (Å²) in [5, 5.41) is 0. The van der Waals surface area contributed by atoms with Crippen molar-refractivity contribution < 1.29 is 22.4 Å². The summed E-state index contributed by atoms with van der Waals surface area (Å²) in [4.78, 5) is 25.9. The van der Waals surface area contributed by atoms with Gasteiger partial charge in [-0.05, 0) is 56.0 Å². The number of benzene rings is 1. The van der Waals surface area contributed by atoms with Gasteiger partial charge in [0, 0.05) is 56.4 Å². The Balaban J connectivity index is 1.19. The van der Waals surface area contributed by atoms with Gasteiger partial charge < -0.3 is 19.8 Å². The van der Waals surface area contributed by atoms with E-state index in [-0.39, 0.29) is 22.9 Å². The molecule has 2 aliphatic rings. The van der Waals surface area contributed by atoms with Crippen LogP contribution in [0.15, 0.2) is 46.0 Å². The van der Waals surface area contributed by atoms with E-state index in [2.05, 4.69) is 19.6 Å². The summed E-state index contributed by atoms with van der Waals surface area (Å²) in [7, 11) is -2.23. The number of nitrogens with zero attached hydrogens (tertiary/aromatic N) is 4. The Labute approximate surface area is 228 Å². The summed E-state index contributed by atoms with van der Waals surface area (Å²) >= 11 is 0. The zero-order valence-corrected chi connectivity index (χ0v) is 23.3. The molecule has 1 aliphatic carbocycles. The number of sulfonamides is 1. The van der Waals surface area contributed by atoms with Gasteiger partial charge >= 0.3 is 0 Å². The van der Waals surface area contributed by atoms with Crippen LogP contribution in [0.1, 0.15) is 45.9 Å². The van der Waals surface area contributed by atoms with E-state index in [0.29, 0.717) is 74.2 Å². The average Bonchev–Trinajstić information content (AvgIpc) is 3.47. The van der Waals surface area contributed by atoms with Gasteiger partial charge in [0.05, 0.1) is 12.0 Å². The van der Waals surface area contributed by atoms with Gasteiger partial charge in [0.15, 0.2) is 11.6 Å². The highest BCUT2D eigenvalue weighted by Crippen LogP contribution is 2.40. The zero-order valence-electron chi connectivity index (χ0n) is 22.4. The van der Waals surface area contributed by atoms with Gasteiger partial charge in [-0.2, -0.15) is 0 Å². The third kappa shape index (κ3) is 5.92. The number of rotatable bonds is 9. The minimum Gasteiger partial charge on any atom is -0.497 e. The van der Waals surface area contributed by atoms with Crippen LogP contribution in [0.3, 0.4) is 0 Å². The number of ether oxygens (including phenoxy) is 1. The summed E-state index contributed by atoms with van der Waals surface area (Å²) in [6.45, 7) is 6.73. The normalized spacial score (nSPS) is 17.3. The maximum atomic E-state index is 13.3. The molecule has 1 aromatic carbocycles. The third-order valence-corrected chi connectivity index (χ3v) is 9.27. The van der Waals surface area contributed by atoms with Crippen molar-refractivity contribution in [3.63, 3.8) is 0 Å². The summed E-state index contributed by atoms with van der Waals surface area (Å²) in [5.74, 6) is 1.28. The summed E-state index contributed by atoms with van der Waals surface area (Å²) < 4.78 is 40.4. The molecular weight excluding hydrogens is 520 g/mol. The van der Waals surface area contributed by atoms with Crippen LogP contribution < -0.4 is 15.2 Å². The number of oxazole rings is 1. The van der Waals surface area contributed by atoms with Crippen LogP contribution in [-0.4, -0.2) is 72.9 Å². The number of nitrogen functional groups attached to an aromatic ring is 1. The molecule has 1 amide bonds. The molecule has 3 heterocycles. The number of aromatic nitrogens is 2. The van der Waals surface area contributed by atoms with E-state index in [1.165, 1.54) is 6.26 Å². The topological polar surface area (TPSA) is 144 Å². The highest BCUT2D eigenvalue weighted by atomic mass is 32.2. The van der Waals surface area contributed by atoms with Crippen LogP contribution in [0.4, 0.5) is 5.82 Å². The summed E-state index contributed by atoms with van der Waals surface area (Å²) in [5.41, 5.74) is 7.72. The third-order valence-electron chi connectivity index (χ3n) is 7.38. The molecule has 1 aliphatic heterocycles. The molecule has 2 aromatic heterocycles. The molecule has 39 heavy (non-hydrogen) atoms. The number of aryl methyl sites for hydroxylation is 2. The number of anilines is 1. The standard InChI is InChI=1S/C27H34N6O5S/c1-18-13-21(37-3)14-19(2)24(18)39(35,36)31-27(6-7-27)15-23-30-22(17-38-23)26(34)33-11-9-32(10-12-33)16-20-5-4-8-29-25(20)28/h4-5,8,13-14,17,31H,6-7,9-12,15-16H2,1-3H3,(H2,28,29). The molecule has 5 rings (SSSR count). The van der Waals surface area contributed by atoms with Crippen molar-refractivity contribution >= 4 is 21.7 Å². The van der Waals surface area contributed by atoms with Gasteiger partial charge in [-0.15, -0.1) is 0 Å². The van der Waals surface area contributed by atoms with Crippen molar-refractivity contribution in [2.45, 2.75) is 50.1 Å². The lowest BCUT2D eigenvalue weighted by molar-refractivity contribution is 0.0622. The van der Waals surface area contributed by atoms with Crippen LogP contribution in [0.5, 0.6) is 5.75 Å². The highest BCUT2D eigenvalue weighted by Gasteiger charge is 2.48. The summed E-state index contributed by atoms with van der Waals surface area (Å²) in [6, 6.07) is 7.25. The Kier molecular flexibility index (Phi) is 7.36. The molecule has 3 aromatic rings. The quantitative estimate of drug-likeness (QED) is 0.407. The first kappa shape index (κ1) is 27.1. The van der Waals surface area contributed by atoms with Crippen molar-refractivity contribution in [2.75, 3.05) is 39.0 Å². The second-order valence-electron chi connectivity index (χ2n) is 10.4. The molecule has 208 valence electrons. The Morgan fingerprint density at radius 1 is 1.18 bits per heavy atom. The van der Waals surface area contributed by atoms with Crippen molar-refractivity contribution in [3.8, 4) is 5.75 Å². The first-order valence-corrected chi connectivity index (χ1v) is 14.4. The molecular formula is C27H34N6O5S. The number of hydrogen-bond donors (Lipinski definition) is 2. The van der Waals surface area contributed by atoms with Crippen LogP contribution in [0.25, 0.3) is 0 Å². The summed E-state index contributed by atoms with van der Waals surface area (Å²) in [6.07, 6.45) is 4.63. The number of pyridine rings is 1. The SMILES string of the molecule is COc1cc(C)c(S(=O)(=O)NC2(Cc3nc(C(=O)N4CCN(Cc5cccnc5N)CC4)co3)CC2)c(C)c1. The van der Waals surface area contributed by atoms with Gasteiger partial charge in [-0.25, -0.2) is 23.1 Å². The predicted octanol–water partition coefficient (Wildman–Crippen LogP) is 2.29. The van der Waals surface area contributed by atoms with Crippen LogP contribution >= 0.6 is 0 Å². The molecule has 2 fully saturated rings. The largest absolute Gasteiger partial charge is 0.497 e. The van der Waals surface area contributed by atoms with E-state index in [1.54, 1.807) is 44.2 Å². The number of piperazine rings is 1. The van der Waals surface area contributed by atoms with Gasteiger partial charge in [-0.3, -0.25) is 9.69 Å². The molecule has 11 nitrogen and oxygen atoms in total. The van der Waals surface area contributed by atoms with Crippen LogP contribution in [-0.2, 0) is 23.0 Å². The molecule has 0 atom stereocenters. The Bertz CT molecular complexity index is 1450.